The predicted molar refractivity (Wildman–Crippen MR) is 91.9 cm³/mol. The third kappa shape index (κ3) is 2.97. The highest BCUT2D eigenvalue weighted by Crippen LogP contribution is 2.33. The van der Waals surface area contributed by atoms with Crippen LogP contribution in [0.25, 0.3) is 10.9 Å². The molecule has 0 atom stereocenters. The van der Waals surface area contributed by atoms with Crippen LogP contribution in [0.15, 0.2) is 65.7 Å². The third-order valence-electron chi connectivity index (χ3n) is 3.33. The van der Waals surface area contributed by atoms with Crippen molar-refractivity contribution in [3.63, 3.8) is 0 Å². The molecule has 0 radical (unpaired) electrons. The number of fused-ring (bicyclic) bond motifs is 1. The molecule has 0 saturated carbocycles. The Kier molecular flexibility index (Phi) is 4.11. The van der Waals surface area contributed by atoms with Crippen LogP contribution < -0.4 is 4.31 Å². The summed E-state index contributed by atoms with van der Waals surface area (Å²) in [6.45, 7) is 3.62. The molecule has 22 heavy (non-hydrogen) atoms. The van der Waals surface area contributed by atoms with E-state index in [2.05, 4.69) is 4.98 Å². The maximum absolute atomic E-state index is 12.1. The SMILES string of the molecule is CC(=O)N(Sc1ccc(C)cc1)c1cccc2cccnc12. The largest absolute Gasteiger partial charge is 0.274 e. The van der Waals surface area contributed by atoms with Crippen LogP contribution in [0.1, 0.15) is 12.5 Å². The summed E-state index contributed by atoms with van der Waals surface area (Å²) in [5.41, 5.74) is 2.85. The van der Waals surface area contributed by atoms with Crippen molar-refractivity contribution in [1.82, 2.24) is 4.98 Å². The van der Waals surface area contributed by atoms with Gasteiger partial charge in [0.2, 0.25) is 5.91 Å². The van der Waals surface area contributed by atoms with Gasteiger partial charge in [0.15, 0.2) is 0 Å². The summed E-state index contributed by atoms with van der Waals surface area (Å²) in [5, 5.41) is 1.02. The first-order chi connectivity index (χ1) is 10.6. The van der Waals surface area contributed by atoms with Gasteiger partial charge in [-0.1, -0.05) is 35.9 Å². The van der Waals surface area contributed by atoms with Crippen molar-refractivity contribution < 1.29 is 4.79 Å². The molecule has 1 amide bonds. The van der Waals surface area contributed by atoms with Gasteiger partial charge in [0.05, 0.1) is 11.2 Å². The average molecular weight is 308 g/mol. The molecule has 110 valence electrons. The number of aryl methyl sites for hydroxylation is 1. The number of aromatic nitrogens is 1. The minimum absolute atomic E-state index is 0.0243. The van der Waals surface area contributed by atoms with Crippen LogP contribution in [0.4, 0.5) is 5.69 Å². The standard InChI is InChI=1S/C18H16N2OS/c1-13-8-10-16(11-9-13)22-20(14(2)21)17-7-3-5-15-6-4-12-19-18(15)17/h3-12H,1-2H3. The molecule has 0 saturated heterocycles. The molecule has 4 heteroatoms. The zero-order chi connectivity index (χ0) is 15.5. The molecule has 3 nitrogen and oxygen atoms in total. The summed E-state index contributed by atoms with van der Waals surface area (Å²) in [5.74, 6) is -0.0243. The number of hydrogen-bond donors (Lipinski definition) is 0. The second kappa shape index (κ2) is 6.20. The number of pyridine rings is 1. The lowest BCUT2D eigenvalue weighted by atomic mass is 10.2. The van der Waals surface area contributed by atoms with Crippen molar-refractivity contribution in [3.8, 4) is 0 Å². The minimum atomic E-state index is -0.0243. The van der Waals surface area contributed by atoms with Gasteiger partial charge < -0.3 is 0 Å². The van der Waals surface area contributed by atoms with Crippen molar-refractivity contribution in [1.29, 1.82) is 0 Å². The van der Waals surface area contributed by atoms with E-state index in [1.54, 1.807) is 17.4 Å². The minimum Gasteiger partial charge on any atom is -0.274 e. The quantitative estimate of drug-likeness (QED) is 0.663. The Morgan fingerprint density at radius 1 is 1.05 bits per heavy atom. The molecule has 3 aromatic rings. The highest BCUT2D eigenvalue weighted by atomic mass is 32.2. The topological polar surface area (TPSA) is 33.2 Å². The number of hydrogen-bond acceptors (Lipinski definition) is 3. The monoisotopic (exact) mass is 308 g/mol. The van der Waals surface area contributed by atoms with E-state index >= 15 is 0 Å². The second-order valence-corrected chi connectivity index (χ2v) is 6.09. The maximum atomic E-state index is 12.1. The molecule has 0 spiro atoms. The van der Waals surface area contributed by atoms with Crippen LogP contribution in [0.2, 0.25) is 0 Å². The highest BCUT2D eigenvalue weighted by molar-refractivity contribution is 8.01. The van der Waals surface area contributed by atoms with Crippen molar-refractivity contribution in [2.45, 2.75) is 18.7 Å². The van der Waals surface area contributed by atoms with Crippen molar-refractivity contribution in [3.05, 3.63) is 66.4 Å². The number of amides is 1. The number of carbonyl (C=O) groups excluding carboxylic acids is 1. The van der Waals surface area contributed by atoms with Gasteiger partial charge in [0.25, 0.3) is 0 Å². The average Bonchev–Trinajstić information content (AvgIpc) is 2.54. The smallest absolute Gasteiger partial charge is 0.234 e. The molecule has 0 aliphatic carbocycles. The fraction of sp³-hybridized carbons (Fsp3) is 0.111. The Morgan fingerprint density at radius 2 is 1.77 bits per heavy atom. The molecule has 0 aliphatic rings. The lowest BCUT2D eigenvalue weighted by molar-refractivity contribution is -0.115. The summed E-state index contributed by atoms with van der Waals surface area (Å²) >= 11 is 1.42. The van der Waals surface area contributed by atoms with E-state index in [-0.39, 0.29) is 5.91 Å². The maximum Gasteiger partial charge on any atom is 0.234 e. The van der Waals surface area contributed by atoms with Gasteiger partial charge in [-0.3, -0.25) is 9.78 Å². The number of anilines is 1. The van der Waals surface area contributed by atoms with E-state index in [0.29, 0.717) is 0 Å². The van der Waals surface area contributed by atoms with Gasteiger partial charge in [-0.15, -0.1) is 0 Å². The van der Waals surface area contributed by atoms with E-state index < -0.39 is 0 Å². The molecule has 0 unspecified atom stereocenters. The second-order valence-electron chi connectivity index (χ2n) is 5.07. The number of nitrogens with zero attached hydrogens (tertiary/aromatic N) is 2. The van der Waals surface area contributed by atoms with Crippen LogP contribution in [-0.2, 0) is 4.79 Å². The molecule has 0 N–H and O–H groups in total. The van der Waals surface area contributed by atoms with Gasteiger partial charge >= 0.3 is 0 Å². The number of carbonyl (C=O) groups is 1. The van der Waals surface area contributed by atoms with Gasteiger partial charge in [-0.05, 0) is 43.1 Å². The van der Waals surface area contributed by atoms with Crippen molar-refractivity contribution in [2.24, 2.45) is 0 Å². The molecular weight excluding hydrogens is 292 g/mol. The van der Waals surface area contributed by atoms with E-state index in [0.717, 1.165) is 21.5 Å². The zero-order valence-corrected chi connectivity index (χ0v) is 13.3. The first-order valence-corrected chi connectivity index (χ1v) is 7.81. The number of rotatable bonds is 3. The first kappa shape index (κ1) is 14.6. The summed E-state index contributed by atoms with van der Waals surface area (Å²) in [4.78, 5) is 17.6. The summed E-state index contributed by atoms with van der Waals surface area (Å²) in [6, 6.07) is 17.9. The fourth-order valence-corrected chi connectivity index (χ4v) is 3.08. The molecule has 1 aromatic heterocycles. The summed E-state index contributed by atoms with van der Waals surface area (Å²) in [6.07, 6.45) is 1.75. The van der Waals surface area contributed by atoms with Crippen molar-refractivity contribution in [2.75, 3.05) is 4.31 Å². The summed E-state index contributed by atoms with van der Waals surface area (Å²) in [7, 11) is 0. The lowest BCUT2D eigenvalue weighted by Gasteiger charge is -2.20. The van der Waals surface area contributed by atoms with E-state index in [1.807, 2.05) is 61.5 Å². The Bertz CT molecular complexity index is 809. The number of benzene rings is 2. The lowest BCUT2D eigenvalue weighted by Crippen LogP contribution is -2.20. The van der Waals surface area contributed by atoms with E-state index in [1.165, 1.54) is 17.5 Å². The van der Waals surface area contributed by atoms with E-state index in [9.17, 15) is 4.79 Å². The highest BCUT2D eigenvalue weighted by Gasteiger charge is 2.16. The van der Waals surface area contributed by atoms with Gasteiger partial charge in [0, 0.05) is 23.4 Å². The molecule has 2 aromatic carbocycles. The fourth-order valence-electron chi connectivity index (χ4n) is 2.24. The van der Waals surface area contributed by atoms with Gasteiger partial charge in [-0.2, -0.15) is 0 Å². The molecule has 0 fully saturated rings. The van der Waals surface area contributed by atoms with Gasteiger partial charge in [0.1, 0.15) is 0 Å². The third-order valence-corrected chi connectivity index (χ3v) is 4.45. The Morgan fingerprint density at radius 3 is 2.50 bits per heavy atom. The van der Waals surface area contributed by atoms with Gasteiger partial charge in [-0.25, -0.2) is 4.31 Å². The van der Waals surface area contributed by atoms with Crippen LogP contribution >= 0.6 is 11.9 Å². The molecule has 3 rings (SSSR count). The van der Waals surface area contributed by atoms with E-state index in [4.69, 9.17) is 0 Å². The van der Waals surface area contributed by atoms with Crippen LogP contribution in [-0.4, -0.2) is 10.9 Å². The first-order valence-electron chi connectivity index (χ1n) is 7.04. The molecule has 0 bridgehead atoms. The predicted octanol–water partition coefficient (Wildman–Crippen LogP) is 4.60. The van der Waals surface area contributed by atoms with Crippen LogP contribution in [0.5, 0.6) is 0 Å². The Balaban J connectivity index is 2.03. The summed E-state index contributed by atoms with van der Waals surface area (Å²) < 4.78 is 1.69. The Labute approximate surface area is 134 Å². The zero-order valence-electron chi connectivity index (χ0n) is 12.5. The Hall–Kier alpha value is -2.33. The molecular formula is C18H16N2OS. The van der Waals surface area contributed by atoms with Crippen molar-refractivity contribution >= 4 is 34.4 Å². The number of para-hydroxylation sites is 1. The normalized spacial score (nSPS) is 10.6. The molecule has 1 heterocycles. The molecule has 0 aliphatic heterocycles. The van der Waals surface area contributed by atoms with Crippen LogP contribution in [0.3, 0.4) is 0 Å². The van der Waals surface area contributed by atoms with Crippen LogP contribution in [0, 0.1) is 6.92 Å².